The van der Waals surface area contributed by atoms with Gasteiger partial charge in [-0.2, -0.15) is 0 Å². The minimum absolute atomic E-state index is 0.0282. The lowest BCUT2D eigenvalue weighted by atomic mass is 9.88. The molecule has 8 heteroatoms. The molecule has 20 heavy (non-hydrogen) atoms. The molecule has 0 spiro atoms. The molecule has 1 heterocycles. The first-order valence-electron chi connectivity index (χ1n) is 6.13. The molecule has 0 aromatic carbocycles. The van der Waals surface area contributed by atoms with Crippen LogP contribution in [0.15, 0.2) is 12.3 Å². The van der Waals surface area contributed by atoms with Gasteiger partial charge in [0.2, 0.25) is 0 Å². The SMILES string of the molecule is CC(C)C(C)(CN)Nc1ncc([N+](=O)[O-])cc1C(N)=O. The van der Waals surface area contributed by atoms with Crippen molar-refractivity contribution in [3.63, 3.8) is 0 Å². The highest BCUT2D eigenvalue weighted by Gasteiger charge is 2.29. The Morgan fingerprint density at radius 3 is 2.60 bits per heavy atom. The maximum atomic E-state index is 11.4. The molecule has 1 aromatic rings. The summed E-state index contributed by atoms with van der Waals surface area (Å²) in [5.74, 6) is -0.429. The third-order valence-electron chi connectivity index (χ3n) is 3.45. The zero-order valence-electron chi connectivity index (χ0n) is 11.7. The molecule has 8 nitrogen and oxygen atoms in total. The Kier molecular flexibility index (Phi) is 4.61. The van der Waals surface area contributed by atoms with E-state index in [4.69, 9.17) is 11.5 Å². The van der Waals surface area contributed by atoms with Gasteiger partial charge in [0.05, 0.1) is 16.0 Å². The van der Waals surface area contributed by atoms with Gasteiger partial charge in [-0.3, -0.25) is 14.9 Å². The number of anilines is 1. The monoisotopic (exact) mass is 281 g/mol. The number of nitro groups is 1. The quantitative estimate of drug-likeness (QED) is 0.522. The number of nitrogens with two attached hydrogens (primary N) is 2. The van der Waals surface area contributed by atoms with E-state index in [1.807, 2.05) is 20.8 Å². The normalized spacial score (nSPS) is 13.8. The summed E-state index contributed by atoms with van der Waals surface area (Å²) in [6.07, 6.45) is 1.08. The minimum Gasteiger partial charge on any atom is -0.365 e. The van der Waals surface area contributed by atoms with E-state index >= 15 is 0 Å². The Hall–Kier alpha value is -2.22. The summed E-state index contributed by atoms with van der Waals surface area (Å²) in [6, 6.07) is 1.11. The molecule has 0 saturated carbocycles. The molecule has 0 fully saturated rings. The van der Waals surface area contributed by atoms with Crippen molar-refractivity contribution in [1.82, 2.24) is 4.98 Å². The standard InChI is InChI=1S/C12H19N5O3/c1-7(2)12(3,6-13)16-11-9(10(14)18)4-8(5-15-11)17(19)20/h4-5,7H,6,13H2,1-3H3,(H2,14,18)(H,15,16). The van der Waals surface area contributed by atoms with Gasteiger partial charge in [-0.05, 0) is 12.8 Å². The number of rotatable bonds is 6. The lowest BCUT2D eigenvalue weighted by molar-refractivity contribution is -0.385. The summed E-state index contributed by atoms with van der Waals surface area (Å²) in [5.41, 5.74) is 10.2. The number of hydrogen-bond acceptors (Lipinski definition) is 6. The van der Waals surface area contributed by atoms with Gasteiger partial charge in [0, 0.05) is 12.6 Å². The van der Waals surface area contributed by atoms with Crippen molar-refractivity contribution in [3.05, 3.63) is 27.9 Å². The molecule has 1 unspecified atom stereocenters. The Morgan fingerprint density at radius 2 is 2.20 bits per heavy atom. The average Bonchev–Trinajstić information content (AvgIpc) is 2.38. The van der Waals surface area contributed by atoms with Crippen LogP contribution in [0.4, 0.5) is 11.5 Å². The lowest BCUT2D eigenvalue weighted by Crippen LogP contribution is -2.47. The smallest absolute Gasteiger partial charge is 0.288 e. The van der Waals surface area contributed by atoms with Crippen LogP contribution in [0.5, 0.6) is 0 Å². The predicted octanol–water partition coefficient (Wildman–Crippen LogP) is 0.874. The predicted molar refractivity (Wildman–Crippen MR) is 75.3 cm³/mol. The number of carbonyl (C=O) groups is 1. The first-order chi connectivity index (χ1) is 9.21. The Balaban J connectivity index is 3.25. The molecule has 0 aliphatic rings. The molecule has 110 valence electrons. The number of hydrogen-bond donors (Lipinski definition) is 3. The molecule has 1 amide bonds. The molecule has 1 rings (SSSR count). The van der Waals surface area contributed by atoms with E-state index in [9.17, 15) is 14.9 Å². The summed E-state index contributed by atoms with van der Waals surface area (Å²) in [5, 5.41) is 13.8. The molecule has 0 bridgehead atoms. The maximum absolute atomic E-state index is 11.4. The van der Waals surface area contributed by atoms with Gasteiger partial charge in [0.25, 0.3) is 11.6 Å². The number of nitrogens with one attached hydrogen (secondary N) is 1. The van der Waals surface area contributed by atoms with E-state index < -0.39 is 16.4 Å². The number of carbonyl (C=O) groups excluding carboxylic acids is 1. The molecule has 1 aromatic heterocycles. The molecular formula is C12H19N5O3. The van der Waals surface area contributed by atoms with Crippen molar-refractivity contribution in [2.75, 3.05) is 11.9 Å². The number of aromatic nitrogens is 1. The third kappa shape index (κ3) is 3.21. The summed E-state index contributed by atoms with van der Waals surface area (Å²) in [4.78, 5) is 25.4. The van der Waals surface area contributed by atoms with Crippen LogP contribution in [-0.4, -0.2) is 27.9 Å². The van der Waals surface area contributed by atoms with Crippen LogP contribution in [0.3, 0.4) is 0 Å². The van der Waals surface area contributed by atoms with E-state index in [1.165, 1.54) is 0 Å². The van der Waals surface area contributed by atoms with Crippen LogP contribution >= 0.6 is 0 Å². The second-order valence-electron chi connectivity index (χ2n) is 5.11. The number of primary amides is 1. The van der Waals surface area contributed by atoms with Gasteiger partial charge < -0.3 is 16.8 Å². The van der Waals surface area contributed by atoms with Crippen LogP contribution in [0, 0.1) is 16.0 Å². The van der Waals surface area contributed by atoms with Crippen LogP contribution in [0.1, 0.15) is 31.1 Å². The molecule has 0 saturated heterocycles. The van der Waals surface area contributed by atoms with Crippen molar-refractivity contribution in [1.29, 1.82) is 0 Å². The summed E-state index contributed by atoms with van der Waals surface area (Å²) < 4.78 is 0. The summed E-state index contributed by atoms with van der Waals surface area (Å²) in [6.45, 7) is 6.12. The van der Waals surface area contributed by atoms with Crippen molar-refractivity contribution >= 4 is 17.4 Å². The number of amides is 1. The third-order valence-corrected chi connectivity index (χ3v) is 3.45. The fraction of sp³-hybridized carbons (Fsp3) is 0.500. The first kappa shape index (κ1) is 15.8. The molecule has 5 N–H and O–H groups in total. The highest BCUT2D eigenvalue weighted by molar-refractivity contribution is 5.98. The van der Waals surface area contributed by atoms with E-state index in [1.54, 1.807) is 0 Å². The first-order valence-corrected chi connectivity index (χ1v) is 6.13. The molecular weight excluding hydrogens is 262 g/mol. The van der Waals surface area contributed by atoms with Gasteiger partial charge in [-0.15, -0.1) is 0 Å². The maximum Gasteiger partial charge on any atom is 0.288 e. The topological polar surface area (TPSA) is 137 Å². The number of nitrogens with zero attached hydrogens (tertiary/aromatic N) is 2. The zero-order valence-corrected chi connectivity index (χ0v) is 11.7. The minimum atomic E-state index is -0.785. The van der Waals surface area contributed by atoms with Crippen LogP contribution in [0.25, 0.3) is 0 Å². The summed E-state index contributed by atoms with van der Waals surface area (Å²) in [7, 11) is 0. The van der Waals surface area contributed by atoms with Gasteiger partial charge in [-0.1, -0.05) is 13.8 Å². The Labute approximate surface area is 116 Å². The highest BCUT2D eigenvalue weighted by Crippen LogP contribution is 2.25. The average molecular weight is 281 g/mol. The van der Waals surface area contributed by atoms with Gasteiger partial charge >= 0.3 is 0 Å². The molecule has 0 radical (unpaired) electrons. The van der Waals surface area contributed by atoms with E-state index in [0.29, 0.717) is 6.54 Å². The van der Waals surface area contributed by atoms with Crippen molar-refractivity contribution in [2.45, 2.75) is 26.3 Å². The fourth-order valence-electron chi connectivity index (χ4n) is 1.54. The van der Waals surface area contributed by atoms with Gasteiger partial charge in [0.1, 0.15) is 12.0 Å². The molecule has 1 atom stereocenters. The Morgan fingerprint density at radius 1 is 1.60 bits per heavy atom. The molecule has 0 aliphatic carbocycles. The second-order valence-corrected chi connectivity index (χ2v) is 5.11. The zero-order chi connectivity index (χ0) is 15.5. The number of pyridine rings is 1. The molecule has 0 aliphatic heterocycles. The van der Waals surface area contributed by atoms with Gasteiger partial charge in [-0.25, -0.2) is 4.98 Å². The largest absolute Gasteiger partial charge is 0.365 e. The van der Waals surface area contributed by atoms with E-state index in [0.717, 1.165) is 12.3 Å². The highest BCUT2D eigenvalue weighted by atomic mass is 16.6. The van der Waals surface area contributed by atoms with E-state index in [2.05, 4.69) is 10.3 Å². The van der Waals surface area contributed by atoms with E-state index in [-0.39, 0.29) is 23.0 Å². The second kappa shape index (κ2) is 5.83. The lowest BCUT2D eigenvalue weighted by Gasteiger charge is -2.34. The summed E-state index contributed by atoms with van der Waals surface area (Å²) >= 11 is 0. The van der Waals surface area contributed by atoms with Crippen LogP contribution in [0.2, 0.25) is 0 Å². The van der Waals surface area contributed by atoms with Crippen LogP contribution in [-0.2, 0) is 0 Å². The van der Waals surface area contributed by atoms with Crippen molar-refractivity contribution < 1.29 is 9.72 Å². The van der Waals surface area contributed by atoms with Crippen LogP contribution < -0.4 is 16.8 Å². The van der Waals surface area contributed by atoms with Gasteiger partial charge in [0.15, 0.2) is 0 Å². The van der Waals surface area contributed by atoms with Crippen molar-refractivity contribution in [3.8, 4) is 0 Å². The fourth-order valence-corrected chi connectivity index (χ4v) is 1.54. The Bertz CT molecular complexity index is 532. The van der Waals surface area contributed by atoms with Crippen molar-refractivity contribution in [2.24, 2.45) is 17.4 Å².